The molecule has 6 heteroatoms. The van der Waals surface area contributed by atoms with Crippen LogP contribution in [0.4, 0.5) is 5.69 Å². The van der Waals surface area contributed by atoms with Crippen molar-refractivity contribution >= 4 is 17.5 Å². The third-order valence-corrected chi connectivity index (χ3v) is 5.76. The molecule has 0 radical (unpaired) electrons. The van der Waals surface area contributed by atoms with Crippen LogP contribution in [0.3, 0.4) is 0 Å². The number of rotatable bonds is 2. The molecule has 3 aliphatic rings. The predicted octanol–water partition coefficient (Wildman–Crippen LogP) is 2.47. The van der Waals surface area contributed by atoms with Gasteiger partial charge in [0.15, 0.2) is 11.5 Å². The number of carbonyl (C=O) groups excluding carboxylic acids is 2. The van der Waals surface area contributed by atoms with Gasteiger partial charge < -0.3 is 19.7 Å². The van der Waals surface area contributed by atoms with Crippen LogP contribution in [-0.2, 0) is 21.4 Å². The van der Waals surface area contributed by atoms with Gasteiger partial charge in [-0.05, 0) is 42.2 Å². The zero-order chi connectivity index (χ0) is 18.4. The fraction of sp³-hybridized carbons (Fsp3) is 0.333. The van der Waals surface area contributed by atoms with Gasteiger partial charge in [0.2, 0.25) is 18.6 Å². The molecule has 1 spiro atoms. The van der Waals surface area contributed by atoms with E-state index in [2.05, 4.69) is 5.32 Å². The highest BCUT2D eigenvalue weighted by molar-refractivity contribution is 6.06. The van der Waals surface area contributed by atoms with E-state index in [1.54, 1.807) is 0 Å². The third-order valence-electron chi connectivity index (χ3n) is 5.76. The largest absolute Gasteiger partial charge is 0.454 e. The van der Waals surface area contributed by atoms with E-state index in [1.807, 2.05) is 47.4 Å². The lowest BCUT2D eigenvalue weighted by Crippen LogP contribution is -2.52. The van der Waals surface area contributed by atoms with E-state index in [0.717, 1.165) is 29.7 Å². The summed E-state index contributed by atoms with van der Waals surface area (Å²) >= 11 is 0. The Balaban J connectivity index is 1.37. The number of likely N-dealkylation sites (tertiary alicyclic amines) is 1. The standard InChI is InChI=1S/C21H20N2O4/c24-19(11-14-6-7-17-18(10-14)27-13-26-17)23-9-3-8-21(12-23)15-4-1-2-5-16(15)22-20(21)25/h1-2,4-7,10H,3,8-9,11-13H2,(H,22,25). The third kappa shape index (κ3) is 2.55. The summed E-state index contributed by atoms with van der Waals surface area (Å²) in [7, 11) is 0. The van der Waals surface area contributed by atoms with Crippen LogP contribution >= 0.6 is 0 Å². The Hall–Kier alpha value is -3.02. The monoisotopic (exact) mass is 364 g/mol. The van der Waals surface area contributed by atoms with Gasteiger partial charge in [0.05, 0.1) is 11.8 Å². The number of hydrogen-bond donors (Lipinski definition) is 1. The summed E-state index contributed by atoms with van der Waals surface area (Å²) < 4.78 is 10.7. The Morgan fingerprint density at radius 2 is 2.00 bits per heavy atom. The minimum Gasteiger partial charge on any atom is -0.454 e. The second kappa shape index (κ2) is 6.01. The van der Waals surface area contributed by atoms with Gasteiger partial charge in [-0.1, -0.05) is 24.3 Å². The number of nitrogens with one attached hydrogen (secondary N) is 1. The van der Waals surface area contributed by atoms with E-state index in [9.17, 15) is 9.59 Å². The molecule has 1 atom stereocenters. The second-order valence-electron chi connectivity index (χ2n) is 7.37. The first-order chi connectivity index (χ1) is 13.2. The van der Waals surface area contributed by atoms with Crippen LogP contribution < -0.4 is 14.8 Å². The molecule has 2 aromatic rings. The SMILES string of the molecule is O=C(Cc1ccc2c(c1)OCO2)N1CCCC2(C1)C(=O)Nc1ccccc12. The van der Waals surface area contributed by atoms with Crippen LogP contribution in [0.25, 0.3) is 0 Å². The van der Waals surface area contributed by atoms with Crippen molar-refractivity contribution in [3.05, 3.63) is 53.6 Å². The van der Waals surface area contributed by atoms with Crippen LogP contribution in [0.5, 0.6) is 11.5 Å². The van der Waals surface area contributed by atoms with Gasteiger partial charge in [-0.15, -0.1) is 0 Å². The van der Waals surface area contributed by atoms with Crippen LogP contribution in [0.1, 0.15) is 24.0 Å². The van der Waals surface area contributed by atoms with Crippen LogP contribution in [0, 0.1) is 0 Å². The number of ether oxygens (including phenoxy) is 2. The van der Waals surface area contributed by atoms with Crippen molar-refractivity contribution in [3.8, 4) is 11.5 Å². The molecule has 0 aromatic heterocycles. The number of hydrogen-bond acceptors (Lipinski definition) is 4. The van der Waals surface area contributed by atoms with Gasteiger partial charge in [0.25, 0.3) is 0 Å². The highest BCUT2D eigenvalue weighted by Crippen LogP contribution is 2.43. The highest BCUT2D eigenvalue weighted by atomic mass is 16.7. The Bertz CT molecular complexity index is 942. The quantitative estimate of drug-likeness (QED) is 0.889. The molecule has 0 saturated carbocycles. The average Bonchev–Trinajstić information content (AvgIpc) is 3.25. The number of benzene rings is 2. The maximum atomic E-state index is 12.9. The van der Waals surface area contributed by atoms with Gasteiger partial charge in [-0.25, -0.2) is 0 Å². The summed E-state index contributed by atoms with van der Waals surface area (Å²) in [6.45, 7) is 1.33. The summed E-state index contributed by atoms with van der Waals surface area (Å²) in [5.41, 5.74) is 2.14. The molecule has 5 rings (SSSR count). The zero-order valence-corrected chi connectivity index (χ0v) is 14.9. The molecular formula is C21H20N2O4. The van der Waals surface area contributed by atoms with Crippen molar-refractivity contribution in [3.63, 3.8) is 0 Å². The molecule has 0 bridgehead atoms. The molecular weight excluding hydrogens is 344 g/mol. The molecule has 1 saturated heterocycles. The fourth-order valence-electron chi connectivity index (χ4n) is 4.38. The number of piperidine rings is 1. The minimum atomic E-state index is -0.626. The maximum Gasteiger partial charge on any atom is 0.236 e. The number of carbonyl (C=O) groups is 2. The summed E-state index contributed by atoms with van der Waals surface area (Å²) in [5, 5.41) is 2.99. The molecule has 3 heterocycles. The molecule has 2 amide bonds. The number of amides is 2. The van der Waals surface area contributed by atoms with Gasteiger partial charge in [0, 0.05) is 18.8 Å². The summed E-state index contributed by atoms with van der Waals surface area (Å²) in [6.07, 6.45) is 1.87. The Morgan fingerprint density at radius 1 is 1.15 bits per heavy atom. The normalized spacial score (nSPS) is 22.7. The lowest BCUT2D eigenvalue weighted by molar-refractivity contribution is -0.134. The minimum absolute atomic E-state index is 0.00396. The van der Waals surface area contributed by atoms with Crippen molar-refractivity contribution in [2.24, 2.45) is 0 Å². The first kappa shape index (κ1) is 16.2. The van der Waals surface area contributed by atoms with E-state index >= 15 is 0 Å². The molecule has 6 nitrogen and oxygen atoms in total. The molecule has 1 fully saturated rings. The van der Waals surface area contributed by atoms with Gasteiger partial charge >= 0.3 is 0 Å². The number of anilines is 1. The number of fused-ring (bicyclic) bond motifs is 3. The van der Waals surface area contributed by atoms with Gasteiger partial charge in [0.1, 0.15) is 0 Å². The van der Waals surface area contributed by atoms with Crippen molar-refractivity contribution in [1.82, 2.24) is 4.90 Å². The Labute approximate surface area is 157 Å². The Morgan fingerprint density at radius 3 is 2.93 bits per heavy atom. The van der Waals surface area contributed by atoms with E-state index in [4.69, 9.17) is 9.47 Å². The van der Waals surface area contributed by atoms with E-state index < -0.39 is 5.41 Å². The predicted molar refractivity (Wildman–Crippen MR) is 98.8 cm³/mol. The highest BCUT2D eigenvalue weighted by Gasteiger charge is 2.49. The topological polar surface area (TPSA) is 67.9 Å². The molecule has 27 heavy (non-hydrogen) atoms. The summed E-state index contributed by atoms with van der Waals surface area (Å²) in [5.74, 6) is 1.43. The van der Waals surface area contributed by atoms with Crippen molar-refractivity contribution in [2.45, 2.75) is 24.7 Å². The van der Waals surface area contributed by atoms with Crippen LogP contribution in [-0.4, -0.2) is 36.6 Å². The Kier molecular flexibility index (Phi) is 3.60. The summed E-state index contributed by atoms with van der Waals surface area (Å²) in [4.78, 5) is 27.6. The summed E-state index contributed by atoms with van der Waals surface area (Å²) in [6, 6.07) is 13.4. The first-order valence-electron chi connectivity index (χ1n) is 9.23. The first-order valence-corrected chi connectivity index (χ1v) is 9.23. The number of nitrogens with zero attached hydrogens (tertiary/aromatic N) is 1. The molecule has 1 N–H and O–H groups in total. The number of para-hydroxylation sites is 1. The second-order valence-corrected chi connectivity index (χ2v) is 7.37. The van der Waals surface area contributed by atoms with Crippen molar-refractivity contribution in [1.29, 1.82) is 0 Å². The fourth-order valence-corrected chi connectivity index (χ4v) is 4.38. The smallest absolute Gasteiger partial charge is 0.236 e. The van der Waals surface area contributed by atoms with Crippen molar-refractivity contribution < 1.29 is 19.1 Å². The average molecular weight is 364 g/mol. The van der Waals surface area contributed by atoms with E-state index in [1.165, 1.54) is 0 Å². The molecule has 138 valence electrons. The molecule has 2 aromatic carbocycles. The molecule has 1 unspecified atom stereocenters. The van der Waals surface area contributed by atoms with Gasteiger partial charge in [-0.3, -0.25) is 9.59 Å². The lowest BCUT2D eigenvalue weighted by atomic mass is 9.75. The van der Waals surface area contributed by atoms with Gasteiger partial charge in [-0.2, -0.15) is 0 Å². The van der Waals surface area contributed by atoms with Crippen LogP contribution in [0.2, 0.25) is 0 Å². The van der Waals surface area contributed by atoms with E-state index in [-0.39, 0.29) is 25.0 Å². The van der Waals surface area contributed by atoms with Crippen LogP contribution in [0.15, 0.2) is 42.5 Å². The van der Waals surface area contributed by atoms with Crippen molar-refractivity contribution in [2.75, 3.05) is 25.2 Å². The van der Waals surface area contributed by atoms with E-state index in [0.29, 0.717) is 24.6 Å². The zero-order valence-electron chi connectivity index (χ0n) is 14.9. The maximum absolute atomic E-state index is 12.9. The molecule has 0 aliphatic carbocycles. The lowest BCUT2D eigenvalue weighted by Gasteiger charge is -2.39. The molecule has 3 aliphatic heterocycles.